The summed E-state index contributed by atoms with van der Waals surface area (Å²) in [6, 6.07) is 0. The van der Waals surface area contributed by atoms with E-state index < -0.39 is 0 Å². The zero-order chi connectivity index (χ0) is 13.4. The lowest BCUT2D eigenvalue weighted by atomic mass is 10.1. The van der Waals surface area contributed by atoms with E-state index in [2.05, 4.69) is 31.0 Å². The molecule has 0 saturated carbocycles. The fraction of sp³-hybridized carbons (Fsp3) is 0.800. The molecule has 0 bridgehead atoms. The van der Waals surface area contributed by atoms with Crippen molar-refractivity contribution in [3.63, 3.8) is 0 Å². The second kappa shape index (κ2) is 7.70. The molecule has 3 unspecified atom stereocenters. The minimum Gasteiger partial charge on any atom is -0.345 e. The molecule has 3 heteroatoms. The highest BCUT2D eigenvalue weighted by atomic mass is 16.3. The summed E-state index contributed by atoms with van der Waals surface area (Å²) in [6.45, 7) is 7.97. The molecule has 18 heavy (non-hydrogen) atoms. The van der Waals surface area contributed by atoms with Crippen LogP contribution in [-0.4, -0.2) is 41.3 Å². The van der Waals surface area contributed by atoms with Crippen LogP contribution in [0.2, 0.25) is 0 Å². The quantitative estimate of drug-likeness (QED) is 0.402. The molecule has 0 aliphatic carbocycles. The summed E-state index contributed by atoms with van der Waals surface area (Å²) in [5.74, 6) is 0. The van der Waals surface area contributed by atoms with Crippen LogP contribution >= 0.6 is 0 Å². The van der Waals surface area contributed by atoms with E-state index in [0.717, 1.165) is 24.0 Å². The number of hydrogen-bond donors (Lipinski definition) is 1. The van der Waals surface area contributed by atoms with Gasteiger partial charge >= 0.3 is 0 Å². The zero-order valence-corrected chi connectivity index (χ0v) is 12.2. The molecule has 1 heterocycles. The van der Waals surface area contributed by atoms with Crippen LogP contribution in [0.5, 0.6) is 0 Å². The van der Waals surface area contributed by atoms with Crippen molar-refractivity contribution in [1.29, 1.82) is 0 Å². The van der Waals surface area contributed by atoms with Gasteiger partial charge < -0.3 is 5.11 Å². The number of allylic oxidation sites excluding steroid dienone is 2. The number of aliphatic hydroxyl groups is 1. The molecular formula is C15H29N2O+. The minimum absolute atomic E-state index is 0.275. The van der Waals surface area contributed by atoms with Crippen molar-refractivity contribution in [2.45, 2.75) is 65.3 Å². The van der Waals surface area contributed by atoms with E-state index in [-0.39, 0.29) is 12.4 Å². The molecule has 1 N–H and O–H groups in total. The first kappa shape index (κ1) is 15.4. The van der Waals surface area contributed by atoms with E-state index in [1.54, 1.807) is 0 Å². The summed E-state index contributed by atoms with van der Waals surface area (Å²) < 4.78 is 0.731. The highest BCUT2D eigenvalue weighted by Gasteiger charge is 2.41. The molecule has 3 atom stereocenters. The van der Waals surface area contributed by atoms with Crippen LogP contribution < -0.4 is 0 Å². The van der Waals surface area contributed by atoms with Crippen molar-refractivity contribution < 1.29 is 9.59 Å². The van der Waals surface area contributed by atoms with E-state index in [0.29, 0.717) is 0 Å². The standard InChI is InChI=1S/C15H29N2O/c1-4-6-7-8-9-10-11-15-16-12-13-17(15,5-2)14(3)18/h4,6,12,14-15,18H,5,7-11,13H2,1-3H3/q+1/b6-4+. The predicted molar refractivity (Wildman–Crippen MR) is 77.5 cm³/mol. The Labute approximate surface area is 112 Å². The Hall–Kier alpha value is -0.670. The molecule has 0 aromatic rings. The molecule has 1 aliphatic heterocycles. The highest BCUT2D eigenvalue weighted by molar-refractivity contribution is 5.60. The molecule has 1 rings (SSSR count). The maximum atomic E-state index is 10.0. The number of aliphatic imine (C=N–C) groups is 1. The van der Waals surface area contributed by atoms with E-state index in [1.807, 2.05) is 13.1 Å². The first-order chi connectivity index (χ1) is 8.67. The van der Waals surface area contributed by atoms with Crippen molar-refractivity contribution in [2.24, 2.45) is 4.99 Å². The molecule has 104 valence electrons. The molecule has 0 aromatic heterocycles. The van der Waals surface area contributed by atoms with E-state index in [9.17, 15) is 5.11 Å². The molecule has 0 spiro atoms. The number of hydrogen-bond acceptors (Lipinski definition) is 2. The fourth-order valence-corrected chi connectivity index (χ4v) is 2.85. The maximum Gasteiger partial charge on any atom is 0.189 e. The SMILES string of the molecule is C/C=C/CCCCCC1N=CC[N+]1(CC)C(C)O. The summed E-state index contributed by atoms with van der Waals surface area (Å²) in [4.78, 5) is 4.59. The molecule has 0 fully saturated rings. The van der Waals surface area contributed by atoms with Gasteiger partial charge in [-0.2, -0.15) is 0 Å². The number of quaternary nitrogens is 1. The van der Waals surface area contributed by atoms with Gasteiger partial charge in [0.05, 0.1) is 12.8 Å². The second-order valence-corrected chi connectivity index (χ2v) is 5.25. The Kier molecular flexibility index (Phi) is 6.58. The first-order valence-electron chi connectivity index (χ1n) is 7.34. The molecule has 0 saturated heterocycles. The van der Waals surface area contributed by atoms with Crippen LogP contribution in [0.3, 0.4) is 0 Å². The fourth-order valence-electron chi connectivity index (χ4n) is 2.85. The van der Waals surface area contributed by atoms with Crippen LogP contribution in [0.4, 0.5) is 0 Å². The van der Waals surface area contributed by atoms with Gasteiger partial charge in [0, 0.05) is 13.3 Å². The Bertz CT molecular complexity index is 286. The average molecular weight is 253 g/mol. The molecule has 0 radical (unpaired) electrons. The van der Waals surface area contributed by atoms with Gasteiger partial charge in [0.15, 0.2) is 12.4 Å². The topological polar surface area (TPSA) is 32.6 Å². The third-order valence-corrected chi connectivity index (χ3v) is 4.19. The lowest BCUT2D eigenvalue weighted by molar-refractivity contribution is -0.976. The van der Waals surface area contributed by atoms with Crippen LogP contribution in [0.15, 0.2) is 17.1 Å². The van der Waals surface area contributed by atoms with Gasteiger partial charge in [-0.25, -0.2) is 4.99 Å². The Morgan fingerprint density at radius 3 is 2.83 bits per heavy atom. The van der Waals surface area contributed by atoms with Crippen LogP contribution in [0, 0.1) is 0 Å². The summed E-state index contributed by atoms with van der Waals surface area (Å²) in [5, 5.41) is 10.0. The number of rotatable bonds is 8. The monoisotopic (exact) mass is 253 g/mol. The largest absolute Gasteiger partial charge is 0.345 e. The lowest BCUT2D eigenvalue weighted by Gasteiger charge is -2.40. The van der Waals surface area contributed by atoms with Crippen molar-refractivity contribution in [1.82, 2.24) is 0 Å². The molecular weight excluding hydrogens is 224 g/mol. The lowest BCUT2D eigenvalue weighted by Crippen LogP contribution is -2.57. The van der Waals surface area contributed by atoms with Crippen molar-refractivity contribution >= 4 is 6.21 Å². The summed E-state index contributed by atoms with van der Waals surface area (Å²) in [6.07, 6.45) is 12.3. The first-order valence-corrected chi connectivity index (χ1v) is 7.34. The van der Waals surface area contributed by atoms with Gasteiger partial charge in [0.2, 0.25) is 0 Å². The summed E-state index contributed by atoms with van der Waals surface area (Å²) >= 11 is 0. The Balaban J connectivity index is 2.34. The zero-order valence-electron chi connectivity index (χ0n) is 12.2. The molecule has 0 amide bonds. The predicted octanol–water partition coefficient (Wildman–Crippen LogP) is 3.10. The smallest absolute Gasteiger partial charge is 0.189 e. The van der Waals surface area contributed by atoms with Gasteiger partial charge in [-0.3, -0.25) is 4.48 Å². The third kappa shape index (κ3) is 3.66. The van der Waals surface area contributed by atoms with Gasteiger partial charge in [-0.05, 0) is 33.1 Å². The normalized spacial score (nSPS) is 29.2. The van der Waals surface area contributed by atoms with Crippen molar-refractivity contribution in [2.75, 3.05) is 13.1 Å². The van der Waals surface area contributed by atoms with Gasteiger partial charge in [-0.1, -0.05) is 18.6 Å². The van der Waals surface area contributed by atoms with Crippen LogP contribution in [0.1, 0.15) is 52.9 Å². The molecule has 1 aliphatic rings. The third-order valence-electron chi connectivity index (χ3n) is 4.19. The number of aliphatic hydroxyl groups excluding tert-OH is 1. The van der Waals surface area contributed by atoms with Gasteiger partial charge in [0.1, 0.15) is 6.54 Å². The number of nitrogens with zero attached hydrogens (tertiary/aromatic N) is 2. The summed E-state index contributed by atoms with van der Waals surface area (Å²) in [5.41, 5.74) is 0. The Morgan fingerprint density at radius 2 is 2.22 bits per heavy atom. The minimum atomic E-state index is -0.314. The van der Waals surface area contributed by atoms with Crippen molar-refractivity contribution in [3.05, 3.63) is 12.2 Å². The second-order valence-electron chi connectivity index (χ2n) is 5.25. The highest BCUT2D eigenvalue weighted by Crippen LogP contribution is 2.26. The van der Waals surface area contributed by atoms with Crippen molar-refractivity contribution in [3.8, 4) is 0 Å². The van der Waals surface area contributed by atoms with Crippen LogP contribution in [-0.2, 0) is 0 Å². The maximum absolute atomic E-state index is 10.0. The van der Waals surface area contributed by atoms with E-state index >= 15 is 0 Å². The van der Waals surface area contributed by atoms with Gasteiger partial charge in [-0.15, -0.1) is 0 Å². The molecule has 3 nitrogen and oxygen atoms in total. The number of unbranched alkanes of at least 4 members (excludes halogenated alkanes) is 3. The van der Waals surface area contributed by atoms with E-state index in [1.165, 1.54) is 25.7 Å². The average Bonchev–Trinajstić information content (AvgIpc) is 2.77. The van der Waals surface area contributed by atoms with Gasteiger partial charge in [0.25, 0.3) is 0 Å². The summed E-state index contributed by atoms with van der Waals surface area (Å²) in [7, 11) is 0. The Morgan fingerprint density at radius 1 is 1.44 bits per heavy atom. The van der Waals surface area contributed by atoms with Crippen LogP contribution in [0.25, 0.3) is 0 Å². The van der Waals surface area contributed by atoms with E-state index in [4.69, 9.17) is 0 Å². The molecule has 0 aromatic carbocycles.